The van der Waals surface area contributed by atoms with Crippen molar-refractivity contribution in [1.29, 1.82) is 0 Å². The summed E-state index contributed by atoms with van der Waals surface area (Å²) in [6, 6.07) is 4.22. The van der Waals surface area contributed by atoms with Gasteiger partial charge in [-0.25, -0.2) is 0 Å². The summed E-state index contributed by atoms with van der Waals surface area (Å²) in [6.45, 7) is 7.02. The second kappa shape index (κ2) is 13.7. The molecule has 1 fully saturated rings. The molecule has 0 aliphatic carbocycles. The quantitative estimate of drug-likeness (QED) is 0.168. The maximum absolute atomic E-state index is 13.0. The van der Waals surface area contributed by atoms with Crippen LogP contribution in [-0.4, -0.2) is 73.1 Å². The van der Waals surface area contributed by atoms with Crippen LogP contribution in [0.3, 0.4) is 0 Å². The number of rotatable bonds is 12. The Morgan fingerprint density at radius 1 is 0.973 bits per heavy atom. The summed E-state index contributed by atoms with van der Waals surface area (Å²) < 4.78 is 51.1. The average molecular weight is 547 g/mol. The van der Waals surface area contributed by atoms with Crippen LogP contribution in [0, 0.1) is 0 Å². The predicted octanol–water partition coefficient (Wildman–Crippen LogP) is 2.18. The number of carbonyl (C=O) groups is 3. The second-order valence-electron chi connectivity index (χ2n) is 8.06. The minimum absolute atomic E-state index is 0.00225. The monoisotopic (exact) mass is 547 g/mol. The standard InChI is InChI=1S/C23H34NO12P/c1-6-30-37(29,31-7-2)11-10-18-20(28)21(33-14(4)26)22(34-15(5)27)23(36-18)35-17-9-8-16(24)12-19(17)32-13(3)25/h8-9,12,18,20-23,28H,6-7,10-11,24H2,1-5H3/t18-,20-,21+,22+,23+/m1/s1. The SMILES string of the molecule is CCOP(=O)(CC[C@H]1O[C@H](Oc2ccc(N)cc2OC(C)=O)[C@@H](OC(C)=O)[C@@H](OC(C)=O)[C@@H]1O)OCC. The number of ether oxygens (including phenoxy) is 5. The molecule has 13 nitrogen and oxygen atoms in total. The lowest BCUT2D eigenvalue weighted by Crippen LogP contribution is -2.61. The van der Waals surface area contributed by atoms with Gasteiger partial charge >= 0.3 is 25.5 Å². The van der Waals surface area contributed by atoms with Gasteiger partial charge in [0.1, 0.15) is 6.10 Å². The first-order valence-corrected chi connectivity index (χ1v) is 13.4. The summed E-state index contributed by atoms with van der Waals surface area (Å²) >= 11 is 0. The van der Waals surface area contributed by atoms with Crippen LogP contribution in [0.2, 0.25) is 0 Å². The smallest absolute Gasteiger partial charge is 0.330 e. The molecule has 1 aliphatic rings. The fraction of sp³-hybridized carbons (Fsp3) is 0.609. The van der Waals surface area contributed by atoms with Crippen LogP contribution in [0.25, 0.3) is 0 Å². The van der Waals surface area contributed by atoms with Crippen LogP contribution in [0.15, 0.2) is 18.2 Å². The first-order chi connectivity index (χ1) is 17.4. The van der Waals surface area contributed by atoms with Crippen molar-refractivity contribution in [2.75, 3.05) is 25.1 Å². The van der Waals surface area contributed by atoms with Gasteiger partial charge in [-0.1, -0.05) is 0 Å². The molecule has 2 rings (SSSR count). The van der Waals surface area contributed by atoms with Crippen LogP contribution in [-0.2, 0) is 42.2 Å². The van der Waals surface area contributed by atoms with Crippen molar-refractivity contribution < 1.29 is 56.8 Å². The number of anilines is 1. The van der Waals surface area contributed by atoms with Crippen molar-refractivity contribution in [2.45, 2.75) is 71.7 Å². The van der Waals surface area contributed by atoms with Crippen LogP contribution in [0.5, 0.6) is 11.5 Å². The molecule has 1 aliphatic heterocycles. The van der Waals surface area contributed by atoms with Gasteiger partial charge in [0.05, 0.1) is 25.5 Å². The molecule has 0 spiro atoms. The largest absolute Gasteiger partial charge is 0.457 e. The Kier molecular flexibility index (Phi) is 11.3. The lowest BCUT2D eigenvalue weighted by molar-refractivity contribution is -0.281. The number of benzene rings is 1. The lowest BCUT2D eigenvalue weighted by atomic mass is 9.96. The Labute approximate surface area is 215 Å². The van der Waals surface area contributed by atoms with E-state index >= 15 is 0 Å². The molecule has 1 saturated heterocycles. The summed E-state index contributed by atoms with van der Waals surface area (Å²) in [5, 5.41) is 11.0. The minimum atomic E-state index is -3.51. The summed E-state index contributed by atoms with van der Waals surface area (Å²) in [5.41, 5.74) is 6.06. The second-order valence-corrected chi connectivity index (χ2v) is 10.2. The normalized spacial score (nSPS) is 23.7. The fourth-order valence-corrected chi connectivity index (χ4v) is 5.38. The lowest BCUT2D eigenvalue weighted by Gasteiger charge is -2.43. The maximum Gasteiger partial charge on any atom is 0.330 e. The van der Waals surface area contributed by atoms with Crippen LogP contribution in [0.1, 0.15) is 41.0 Å². The number of nitrogens with two attached hydrogens (primary N) is 1. The molecule has 37 heavy (non-hydrogen) atoms. The topological polar surface area (TPSA) is 179 Å². The highest BCUT2D eigenvalue weighted by molar-refractivity contribution is 7.53. The van der Waals surface area contributed by atoms with E-state index in [1.165, 1.54) is 25.1 Å². The van der Waals surface area contributed by atoms with Crippen molar-refractivity contribution in [2.24, 2.45) is 0 Å². The molecule has 0 unspecified atom stereocenters. The van der Waals surface area contributed by atoms with Crippen LogP contribution < -0.4 is 15.2 Å². The van der Waals surface area contributed by atoms with E-state index in [2.05, 4.69) is 0 Å². The van der Waals surface area contributed by atoms with Gasteiger partial charge in [0.15, 0.2) is 17.6 Å². The molecule has 14 heteroatoms. The van der Waals surface area contributed by atoms with Crippen molar-refractivity contribution in [3.63, 3.8) is 0 Å². The molecular weight excluding hydrogens is 513 g/mol. The molecule has 0 saturated carbocycles. The predicted molar refractivity (Wildman–Crippen MR) is 129 cm³/mol. The molecule has 0 radical (unpaired) electrons. The zero-order valence-electron chi connectivity index (χ0n) is 21.4. The van der Waals surface area contributed by atoms with Gasteiger partial charge < -0.3 is 43.6 Å². The third kappa shape index (κ3) is 8.97. The zero-order valence-corrected chi connectivity index (χ0v) is 22.3. The van der Waals surface area contributed by atoms with E-state index in [9.17, 15) is 24.1 Å². The Hall–Kier alpha value is -2.70. The van der Waals surface area contributed by atoms with Crippen molar-refractivity contribution in [3.05, 3.63) is 18.2 Å². The van der Waals surface area contributed by atoms with Crippen molar-refractivity contribution >= 4 is 31.2 Å². The van der Waals surface area contributed by atoms with E-state index in [0.717, 1.165) is 13.8 Å². The Morgan fingerprint density at radius 2 is 1.57 bits per heavy atom. The highest BCUT2D eigenvalue weighted by Crippen LogP contribution is 2.49. The van der Waals surface area contributed by atoms with Gasteiger partial charge in [-0.2, -0.15) is 0 Å². The van der Waals surface area contributed by atoms with Gasteiger partial charge in [-0.3, -0.25) is 18.9 Å². The fourth-order valence-electron chi connectivity index (χ4n) is 3.69. The van der Waals surface area contributed by atoms with Crippen LogP contribution in [0.4, 0.5) is 5.69 Å². The number of aliphatic hydroxyl groups is 1. The third-order valence-electron chi connectivity index (χ3n) is 5.03. The molecule has 0 bridgehead atoms. The number of hydrogen-bond donors (Lipinski definition) is 2. The van der Waals surface area contributed by atoms with Gasteiger partial charge in [0, 0.05) is 32.5 Å². The number of hydrogen-bond acceptors (Lipinski definition) is 13. The minimum Gasteiger partial charge on any atom is -0.457 e. The van der Waals surface area contributed by atoms with E-state index < -0.39 is 56.2 Å². The van der Waals surface area contributed by atoms with E-state index in [1.54, 1.807) is 13.8 Å². The maximum atomic E-state index is 13.0. The first-order valence-electron chi connectivity index (χ1n) is 11.7. The number of nitrogen functional groups attached to an aromatic ring is 1. The van der Waals surface area contributed by atoms with Crippen LogP contribution >= 0.6 is 7.60 Å². The summed E-state index contributed by atoms with van der Waals surface area (Å²) in [6.07, 6.45) is -7.06. The molecule has 0 amide bonds. The van der Waals surface area contributed by atoms with E-state index in [-0.39, 0.29) is 43.0 Å². The molecule has 1 aromatic rings. The Morgan fingerprint density at radius 3 is 2.11 bits per heavy atom. The van der Waals surface area contributed by atoms with Crippen molar-refractivity contribution in [1.82, 2.24) is 0 Å². The number of carbonyl (C=O) groups excluding carboxylic acids is 3. The third-order valence-corrected chi connectivity index (χ3v) is 7.14. The Balaban J connectivity index is 2.43. The average Bonchev–Trinajstić information content (AvgIpc) is 2.78. The van der Waals surface area contributed by atoms with E-state index in [0.29, 0.717) is 0 Å². The highest BCUT2D eigenvalue weighted by Gasteiger charge is 2.51. The number of esters is 3. The summed E-state index contributed by atoms with van der Waals surface area (Å²) in [7, 11) is -3.51. The van der Waals surface area contributed by atoms with E-state index in [1.807, 2.05) is 0 Å². The number of aliphatic hydroxyl groups excluding tert-OH is 1. The molecule has 5 atom stereocenters. The molecule has 1 aromatic carbocycles. The molecule has 208 valence electrons. The first kappa shape index (κ1) is 30.5. The molecular formula is C23H34NO12P. The van der Waals surface area contributed by atoms with Gasteiger partial charge in [0.25, 0.3) is 0 Å². The summed E-state index contributed by atoms with van der Waals surface area (Å²) in [4.78, 5) is 35.3. The van der Waals surface area contributed by atoms with Gasteiger partial charge in [-0.15, -0.1) is 0 Å². The van der Waals surface area contributed by atoms with Gasteiger partial charge in [-0.05, 0) is 32.4 Å². The molecule has 3 N–H and O–H groups in total. The van der Waals surface area contributed by atoms with Gasteiger partial charge in [0.2, 0.25) is 12.4 Å². The van der Waals surface area contributed by atoms with E-state index in [4.69, 9.17) is 38.5 Å². The van der Waals surface area contributed by atoms with Crippen molar-refractivity contribution in [3.8, 4) is 11.5 Å². The Bertz CT molecular complexity index is 992. The molecule has 1 heterocycles. The molecule has 0 aromatic heterocycles. The zero-order chi connectivity index (χ0) is 27.8. The highest BCUT2D eigenvalue weighted by atomic mass is 31.2. The summed E-state index contributed by atoms with van der Waals surface area (Å²) in [5.74, 6) is -2.22.